The Hall–Kier alpha value is -1.42. The van der Waals surface area contributed by atoms with Crippen molar-refractivity contribution in [2.24, 2.45) is 16.6 Å². The lowest BCUT2D eigenvalue weighted by Crippen LogP contribution is -2.55. The highest BCUT2D eigenvalue weighted by molar-refractivity contribution is 14.0. The van der Waals surface area contributed by atoms with Crippen LogP contribution in [-0.2, 0) is 11.2 Å². The second kappa shape index (κ2) is 12.3. The summed E-state index contributed by atoms with van der Waals surface area (Å²) >= 11 is 0. The van der Waals surface area contributed by atoms with Crippen molar-refractivity contribution >= 4 is 35.8 Å². The van der Waals surface area contributed by atoms with Crippen LogP contribution in [0.25, 0.3) is 0 Å². The summed E-state index contributed by atoms with van der Waals surface area (Å²) in [6, 6.07) is 6.15. The van der Waals surface area contributed by atoms with E-state index < -0.39 is 5.92 Å². The second-order valence-electron chi connectivity index (χ2n) is 8.10. The quantitative estimate of drug-likeness (QED) is 0.280. The normalized spacial score (nSPS) is 16.6. The standard InChI is InChI=1S/C21H34FN5O.HI/c1-21(2,27-11-5-4-6-12-27)15-26-20(24-3)25-14-17(19(23)28)13-16-7-9-18(22)10-8-16;/h7-10,17H,4-6,11-15H2,1-3H3,(H2,23,28)(H2,24,25,26);1H. The van der Waals surface area contributed by atoms with E-state index in [9.17, 15) is 9.18 Å². The highest BCUT2D eigenvalue weighted by Crippen LogP contribution is 2.19. The number of likely N-dealkylation sites (tertiary alicyclic amines) is 1. The van der Waals surface area contributed by atoms with Crippen LogP contribution in [0.5, 0.6) is 0 Å². The van der Waals surface area contributed by atoms with Crippen LogP contribution < -0.4 is 16.4 Å². The number of amides is 1. The molecule has 29 heavy (non-hydrogen) atoms. The summed E-state index contributed by atoms with van der Waals surface area (Å²) in [4.78, 5) is 18.6. The smallest absolute Gasteiger partial charge is 0.222 e. The Morgan fingerprint density at radius 1 is 1.21 bits per heavy atom. The van der Waals surface area contributed by atoms with Crippen LogP contribution in [0.1, 0.15) is 38.7 Å². The van der Waals surface area contributed by atoms with Gasteiger partial charge in [-0.1, -0.05) is 18.6 Å². The van der Waals surface area contributed by atoms with Crippen molar-refractivity contribution < 1.29 is 9.18 Å². The minimum absolute atomic E-state index is 0. The Kier molecular flexibility index (Phi) is 10.9. The summed E-state index contributed by atoms with van der Waals surface area (Å²) in [5.41, 5.74) is 6.46. The second-order valence-corrected chi connectivity index (χ2v) is 8.10. The molecular formula is C21H35FIN5O. The number of aliphatic imine (C=N–C) groups is 1. The summed E-state index contributed by atoms with van der Waals surface area (Å²) in [5.74, 6) is -0.436. The third kappa shape index (κ3) is 8.46. The fourth-order valence-electron chi connectivity index (χ4n) is 3.53. The molecule has 1 saturated heterocycles. The third-order valence-electron chi connectivity index (χ3n) is 5.44. The van der Waals surface area contributed by atoms with Crippen molar-refractivity contribution in [3.05, 3.63) is 35.6 Å². The SMILES string of the molecule is CN=C(NCC(Cc1ccc(F)cc1)C(N)=O)NCC(C)(C)N1CCCCC1.I. The number of primary amides is 1. The molecule has 4 N–H and O–H groups in total. The van der Waals surface area contributed by atoms with E-state index in [1.165, 1.54) is 31.4 Å². The van der Waals surface area contributed by atoms with E-state index in [2.05, 4.69) is 34.4 Å². The summed E-state index contributed by atoms with van der Waals surface area (Å²) < 4.78 is 13.1. The molecule has 1 atom stereocenters. The maximum Gasteiger partial charge on any atom is 0.222 e. The van der Waals surface area contributed by atoms with Gasteiger partial charge in [0.1, 0.15) is 5.82 Å². The van der Waals surface area contributed by atoms with Crippen molar-refractivity contribution in [3.63, 3.8) is 0 Å². The zero-order chi connectivity index (χ0) is 20.6. The van der Waals surface area contributed by atoms with Gasteiger partial charge in [-0.3, -0.25) is 14.7 Å². The molecule has 1 aromatic rings. The Bertz CT molecular complexity index is 660. The van der Waals surface area contributed by atoms with Gasteiger partial charge in [0.05, 0.1) is 5.92 Å². The van der Waals surface area contributed by atoms with Crippen LogP contribution in [0.15, 0.2) is 29.3 Å². The number of nitrogens with two attached hydrogens (primary N) is 1. The fourth-order valence-corrected chi connectivity index (χ4v) is 3.53. The number of hydrogen-bond acceptors (Lipinski definition) is 3. The molecule has 8 heteroatoms. The Morgan fingerprint density at radius 2 is 1.83 bits per heavy atom. The number of carbonyl (C=O) groups excluding carboxylic acids is 1. The van der Waals surface area contributed by atoms with E-state index >= 15 is 0 Å². The Morgan fingerprint density at radius 3 is 2.38 bits per heavy atom. The average Bonchev–Trinajstić information content (AvgIpc) is 2.69. The Balaban J connectivity index is 0.00000420. The molecule has 0 bridgehead atoms. The van der Waals surface area contributed by atoms with Crippen LogP contribution in [0.3, 0.4) is 0 Å². The van der Waals surface area contributed by atoms with Crippen molar-refractivity contribution in [1.82, 2.24) is 15.5 Å². The molecular weight excluding hydrogens is 484 g/mol. The zero-order valence-corrected chi connectivity index (χ0v) is 20.0. The fraction of sp³-hybridized carbons (Fsp3) is 0.619. The monoisotopic (exact) mass is 519 g/mol. The lowest BCUT2D eigenvalue weighted by Gasteiger charge is -2.41. The van der Waals surface area contributed by atoms with Crippen LogP contribution in [0.4, 0.5) is 4.39 Å². The van der Waals surface area contributed by atoms with E-state index in [0.29, 0.717) is 18.9 Å². The van der Waals surface area contributed by atoms with E-state index in [-0.39, 0.29) is 41.2 Å². The molecule has 0 aromatic heterocycles. The first kappa shape index (κ1) is 25.6. The zero-order valence-electron chi connectivity index (χ0n) is 17.7. The molecule has 0 aliphatic carbocycles. The van der Waals surface area contributed by atoms with Gasteiger partial charge in [-0.15, -0.1) is 24.0 Å². The van der Waals surface area contributed by atoms with Crippen molar-refractivity contribution in [1.29, 1.82) is 0 Å². The largest absolute Gasteiger partial charge is 0.369 e. The summed E-state index contributed by atoms with van der Waals surface area (Å²) in [5, 5.41) is 6.57. The molecule has 1 heterocycles. The minimum Gasteiger partial charge on any atom is -0.369 e. The van der Waals surface area contributed by atoms with E-state index in [1.807, 2.05) is 0 Å². The number of rotatable bonds is 8. The molecule has 1 aliphatic rings. The van der Waals surface area contributed by atoms with Crippen molar-refractivity contribution in [2.75, 3.05) is 33.2 Å². The number of nitrogens with zero attached hydrogens (tertiary/aromatic N) is 2. The maximum absolute atomic E-state index is 13.1. The minimum atomic E-state index is -0.404. The molecule has 0 spiro atoms. The number of nitrogens with one attached hydrogen (secondary N) is 2. The molecule has 1 fully saturated rings. The van der Waals surface area contributed by atoms with Crippen molar-refractivity contribution in [3.8, 4) is 0 Å². The molecule has 6 nitrogen and oxygen atoms in total. The molecule has 1 unspecified atom stereocenters. The van der Waals surface area contributed by atoms with Gasteiger partial charge in [-0.05, 0) is 63.9 Å². The average molecular weight is 519 g/mol. The summed E-state index contributed by atoms with van der Waals surface area (Å²) in [6.07, 6.45) is 4.27. The van der Waals surface area contributed by atoms with Gasteiger partial charge >= 0.3 is 0 Å². The lowest BCUT2D eigenvalue weighted by atomic mass is 9.98. The highest BCUT2D eigenvalue weighted by atomic mass is 127. The summed E-state index contributed by atoms with van der Waals surface area (Å²) in [6.45, 7) is 7.85. The van der Waals surface area contributed by atoms with E-state index in [1.54, 1.807) is 19.2 Å². The van der Waals surface area contributed by atoms with Crippen LogP contribution >= 0.6 is 24.0 Å². The number of halogens is 2. The molecule has 0 saturated carbocycles. The Labute approximate surface area is 190 Å². The maximum atomic E-state index is 13.1. The first-order chi connectivity index (χ1) is 13.3. The van der Waals surface area contributed by atoms with E-state index in [0.717, 1.165) is 25.2 Å². The molecule has 164 valence electrons. The van der Waals surface area contributed by atoms with Gasteiger partial charge in [-0.2, -0.15) is 0 Å². The summed E-state index contributed by atoms with van der Waals surface area (Å²) in [7, 11) is 1.71. The van der Waals surface area contributed by atoms with Gasteiger partial charge in [0.2, 0.25) is 5.91 Å². The predicted molar refractivity (Wildman–Crippen MR) is 127 cm³/mol. The number of guanidine groups is 1. The number of hydrogen-bond donors (Lipinski definition) is 3. The highest BCUT2D eigenvalue weighted by Gasteiger charge is 2.28. The van der Waals surface area contributed by atoms with Gasteiger partial charge in [0.15, 0.2) is 5.96 Å². The number of piperidine rings is 1. The molecule has 0 radical (unpaired) electrons. The van der Waals surface area contributed by atoms with Crippen molar-refractivity contribution in [2.45, 2.75) is 45.1 Å². The number of benzene rings is 1. The van der Waals surface area contributed by atoms with Crippen LogP contribution in [-0.4, -0.2) is 55.5 Å². The van der Waals surface area contributed by atoms with Gasteiger partial charge in [-0.25, -0.2) is 4.39 Å². The molecule has 1 aromatic carbocycles. The third-order valence-corrected chi connectivity index (χ3v) is 5.44. The van der Waals surface area contributed by atoms with Crippen LogP contribution in [0, 0.1) is 11.7 Å². The lowest BCUT2D eigenvalue weighted by molar-refractivity contribution is -0.121. The number of carbonyl (C=O) groups is 1. The molecule has 1 amide bonds. The van der Waals surface area contributed by atoms with Gasteiger partial charge < -0.3 is 16.4 Å². The predicted octanol–water partition coefficient (Wildman–Crippen LogP) is 2.52. The van der Waals surface area contributed by atoms with Gasteiger partial charge in [0, 0.05) is 25.7 Å². The van der Waals surface area contributed by atoms with Crippen LogP contribution in [0.2, 0.25) is 0 Å². The van der Waals surface area contributed by atoms with Gasteiger partial charge in [0.25, 0.3) is 0 Å². The molecule has 2 rings (SSSR count). The first-order valence-electron chi connectivity index (χ1n) is 10.0. The van der Waals surface area contributed by atoms with E-state index in [4.69, 9.17) is 5.73 Å². The first-order valence-corrected chi connectivity index (χ1v) is 10.0. The topological polar surface area (TPSA) is 82.7 Å². The molecule has 1 aliphatic heterocycles.